The molecular weight excluding hydrogens is 348 g/mol. The second-order valence-electron chi connectivity index (χ2n) is 4.53. The lowest BCUT2D eigenvalue weighted by Gasteiger charge is -2.09. The summed E-state index contributed by atoms with van der Waals surface area (Å²) in [6.07, 6.45) is 1.37. The SMILES string of the molecule is Cc1cc(S(=O)(=O)NCCNc2cn[nH]c(=O)c2Cl)c(C)s1. The number of aryl methyl sites for hydroxylation is 2. The molecule has 2 aromatic rings. The molecule has 0 aliphatic carbocycles. The molecule has 0 saturated carbocycles. The number of sulfonamides is 1. The molecule has 0 saturated heterocycles. The van der Waals surface area contributed by atoms with E-state index < -0.39 is 15.6 Å². The number of hydrogen-bond donors (Lipinski definition) is 3. The number of aromatic nitrogens is 2. The Morgan fingerprint density at radius 3 is 2.73 bits per heavy atom. The summed E-state index contributed by atoms with van der Waals surface area (Å²) in [6, 6.07) is 1.65. The van der Waals surface area contributed by atoms with E-state index >= 15 is 0 Å². The van der Waals surface area contributed by atoms with E-state index in [1.165, 1.54) is 17.5 Å². The molecule has 0 aromatic carbocycles. The van der Waals surface area contributed by atoms with Gasteiger partial charge >= 0.3 is 0 Å². The van der Waals surface area contributed by atoms with Gasteiger partial charge < -0.3 is 5.32 Å². The lowest BCUT2D eigenvalue weighted by atomic mass is 10.4. The van der Waals surface area contributed by atoms with Crippen LogP contribution in [0.25, 0.3) is 0 Å². The van der Waals surface area contributed by atoms with Crippen LogP contribution in [0, 0.1) is 13.8 Å². The normalized spacial score (nSPS) is 11.6. The topological polar surface area (TPSA) is 104 Å². The second kappa shape index (κ2) is 6.78. The molecule has 0 fully saturated rings. The zero-order valence-corrected chi connectivity index (χ0v) is 14.3. The number of hydrogen-bond acceptors (Lipinski definition) is 6. The maximum absolute atomic E-state index is 12.2. The Morgan fingerprint density at radius 2 is 2.09 bits per heavy atom. The fourth-order valence-corrected chi connectivity index (χ4v) is 4.58. The Morgan fingerprint density at radius 1 is 1.36 bits per heavy atom. The first-order valence-corrected chi connectivity index (χ1v) is 9.03. The van der Waals surface area contributed by atoms with Crippen molar-refractivity contribution >= 4 is 38.6 Å². The summed E-state index contributed by atoms with van der Waals surface area (Å²) < 4.78 is 26.8. The summed E-state index contributed by atoms with van der Waals surface area (Å²) in [5.74, 6) is 0. The average molecular weight is 363 g/mol. The van der Waals surface area contributed by atoms with Gasteiger partial charge in [-0.3, -0.25) is 4.79 Å². The zero-order valence-electron chi connectivity index (χ0n) is 11.9. The van der Waals surface area contributed by atoms with E-state index in [0.29, 0.717) is 10.6 Å². The first-order valence-electron chi connectivity index (χ1n) is 6.35. The molecular formula is C12H15ClN4O3S2. The van der Waals surface area contributed by atoms with E-state index in [0.717, 1.165) is 9.75 Å². The smallest absolute Gasteiger partial charge is 0.285 e. The van der Waals surface area contributed by atoms with Crippen molar-refractivity contribution in [1.29, 1.82) is 0 Å². The van der Waals surface area contributed by atoms with Gasteiger partial charge in [-0.15, -0.1) is 11.3 Å². The van der Waals surface area contributed by atoms with Gasteiger partial charge in [0.2, 0.25) is 10.0 Å². The quantitative estimate of drug-likeness (QED) is 0.675. The third kappa shape index (κ3) is 3.86. The molecule has 0 spiro atoms. The maximum atomic E-state index is 12.2. The van der Waals surface area contributed by atoms with Crippen LogP contribution in [-0.2, 0) is 10.0 Å². The molecule has 0 aliphatic heterocycles. The van der Waals surface area contributed by atoms with Crippen molar-refractivity contribution in [2.75, 3.05) is 18.4 Å². The zero-order chi connectivity index (χ0) is 16.3. The van der Waals surface area contributed by atoms with Crippen LogP contribution >= 0.6 is 22.9 Å². The number of halogens is 1. The summed E-state index contributed by atoms with van der Waals surface area (Å²) in [4.78, 5) is 13.2. The monoisotopic (exact) mass is 362 g/mol. The van der Waals surface area contributed by atoms with Crippen molar-refractivity contribution in [2.45, 2.75) is 18.7 Å². The van der Waals surface area contributed by atoms with Crippen molar-refractivity contribution in [2.24, 2.45) is 0 Å². The van der Waals surface area contributed by atoms with Crippen LogP contribution in [0.4, 0.5) is 5.69 Å². The summed E-state index contributed by atoms with van der Waals surface area (Å²) in [5, 5.41) is 8.66. The summed E-state index contributed by atoms with van der Waals surface area (Å²) >= 11 is 7.23. The Hall–Kier alpha value is -1.42. The lowest BCUT2D eigenvalue weighted by Crippen LogP contribution is -2.29. The first-order chi connectivity index (χ1) is 10.3. The number of nitrogens with zero attached hydrogens (tertiary/aromatic N) is 1. The minimum Gasteiger partial charge on any atom is -0.381 e. The minimum absolute atomic E-state index is 0.0119. The molecule has 2 rings (SSSR count). The Balaban J connectivity index is 1.95. The fraction of sp³-hybridized carbons (Fsp3) is 0.333. The molecule has 10 heteroatoms. The van der Waals surface area contributed by atoms with Crippen LogP contribution in [0.5, 0.6) is 0 Å². The highest BCUT2D eigenvalue weighted by molar-refractivity contribution is 7.89. The van der Waals surface area contributed by atoms with E-state index in [1.54, 1.807) is 13.0 Å². The van der Waals surface area contributed by atoms with Crippen molar-refractivity contribution in [1.82, 2.24) is 14.9 Å². The molecule has 0 unspecified atom stereocenters. The molecule has 22 heavy (non-hydrogen) atoms. The van der Waals surface area contributed by atoms with Crippen LogP contribution in [0.2, 0.25) is 5.02 Å². The summed E-state index contributed by atoms with van der Waals surface area (Å²) in [7, 11) is -3.54. The van der Waals surface area contributed by atoms with Gasteiger partial charge in [0.15, 0.2) is 0 Å². The molecule has 0 aliphatic rings. The fourth-order valence-electron chi connectivity index (χ4n) is 1.84. The molecule has 0 atom stereocenters. The molecule has 2 aromatic heterocycles. The lowest BCUT2D eigenvalue weighted by molar-refractivity contribution is 0.582. The highest BCUT2D eigenvalue weighted by Crippen LogP contribution is 2.24. The molecule has 0 bridgehead atoms. The number of aromatic amines is 1. The molecule has 120 valence electrons. The standard InChI is InChI=1S/C12H15ClN4O3S2/c1-7-5-10(8(2)21-7)22(19,20)16-4-3-14-9-6-15-17-12(18)11(9)13/h5-6,16H,3-4H2,1-2H3,(H2,14,17,18). The van der Waals surface area contributed by atoms with Crippen LogP contribution in [0.3, 0.4) is 0 Å². The van der Waals surface area contributed by atoms with Crippen LogP contribution < -0.4 is 15.6 Å². The van der Waals surface area contributed by atoms with Gasteiger partial charge in [-0.1, -0.05) is 11.6 Å². The first kappa shape index (κ1) is 16.9. The predicted molar refractivity (Wildman–Crippen MR) is 87.3 cm³/mol. The van der Waals surface area contributed by atoms with E-state index in [9.17, 15) is 13.2 Å². The summed E-state index contributed by atoms with van der Waals surface area (Å²) in [5.41, 5.74) is -0.149. The number of thiophene rings is 1. The van der Waals surface area contributed by atoms with Gasteiger partial charge in [-0.05, 0) is 19.9 Å². The van der Waals surface area contributed by atoms with Crippen LogP contribution in [-0.4, -0.2) is 31.7 Å². The number of nitrogens with one attached hydrogen (secondary N) is 3. The molecule has 2 heterocycles. The highest BCUT2D eigenvalue weighted by atomic mass is 35.5. The van der Waals surface area contributed by atoms with Crippen molar-refractivity contribution in [3.8, 4) is 0 Å². The number of H-pyrrole nitrogens is 1. The van der Waals surface area contributed by atoms with Crippen molar-refractivity contribution < 1.29 is 8.42 Å². The Labute approximate surface area is 136 Å². The second-order valence-corrected chi connectivity index (χ2v) is 8.10. The third-order valence-electron chi connectivity index (χ3n) is 2.81. The summed E-state index contributed by atoms with van der Waals surface area (Å²) in [6.45, 7) is 4.05. The number of anilines is 1. The Kier molecular flexibility index (Phi) is 5.22. The molecule has 7 nitrogen and oxygen atoms in total. The molecule has 3 N–H and O–H groups in total. The third-order valence-corrected chi connectivity index (χ3v) is 5.87. The van der Waals surface area contributed by atoms with E-state index in [2.05, 4.69) is 20.2 Å². The Bertz CT molecular complexity index is 829. The van der Waals surface area contributed by atoms with E-state index in [4.69, 9.17) is 11.6 Å². The van der Waals surface area contributed by atoms with E-state index in [1.807, 2.05) is 6.92 Å². The van der Waals surface area contributed by atoms with Gasteiger partial charge in [0.1, 0.15) is 5.02 Å². The predicted octanol–water partition coefficient (Wildman–Crippen LogP) is 1.49. The van der Waals surface area contributed by atoms with Gasteiger partial charge in [-0.2, -0.15) is 5.10 Å². The molecule has 0 radical (unpaired) electrons. The largest absolute Gasteiger partial charge is 0.381 e. The minimum atomic E-state index is -3.54. The molecule has 0 amide bonds. The van der Waals surface area contributed by atoms with Gasteiger partial charge in [0.05, 0.1) is 16.8 Å². The van der Waals surface area contributed by atoms with E-state index in [-0.39, 0.29) is 18.1 Å². The average Bonchev–Trinajstić information content (AvgIpc) is 2.79. The maximum Gasteiger partial charge on any atom is 0.285 e. The van der Waals surface area contributed by atoms with Gasteiger partial charge in [0, 0.05) is 22.8 Å². The van der Waals surface area contributed by atoms with Crippen molar-refractivity contribution in [3.05, 3.63) is 37.4 Å². The number of rotatable bonds is 6. The van der Waals surface area contributed by atoms with Crippen LogP contribution in [0.15, 0.2) is 22.0 Å². The van der Waals surface area contributed by atoms with Gasteiger partial charge in [0.25, 0.3) is 5.56 Å². The highest BCUT2D eigenvalue weighted by Gasteiger charge is 2.18. The van der Waals surface area contributed by atoms with Crippen molar-refractivity contribution in [3.63, 3.8) is 0 Å². The van der Waals surface area contributed by atoms with Gasteiger partial charge in [-0.25, -0.2) is 18.2 Å². The van der Waals surface area contributed by atoms with Crippen LogP contribution in [0.1, 0.15) is 9.75 Å².